The summed E-state index contributed by atoms with van der Waals surface area (Å²) in [5.74, 6) is -1.41. The van der Waals surface area contributed by atoms with E-state index in [0.29, 0.717) is 21.8 Å². The summed E-state index contributed by atoms with van der Waals surface area (Å²) in [5, 5.41) is 3.34. The van der Waals surface area contributed by atoms with Gasteiger partial charge in [-0.15, -0.1) is 0 Å². The number of nitrogens with zero attached hydrogens (tertiary/aromatic N) is 2. The van der Waals surface area contributed by atoms with Crippen molar-refractivity contribution in [2.24, 2.45) is 0 Å². The fourth-order valence-corrected chi connectivity index (χ4v) is 5.19. The molecule has 5 rings (SSSR count). The van der Waals surface area contributed by atoms with Crippen LogP contribution in [0.2, 0.25) is 5.02 Å². The highest BCUT2D eigenvalue weighted by molar-refractivity contribution is 8.18. The first-order valence-electron chi connectivity index (χ1n) is 11.4. The number of aryl methyl sites for hydroxylation is 1. The van der Waals surface area contributed by atoms with Crippen LogP contribution in [0.5, 0.6) is 0 Å². The Hall–Kier alpha value is -3.88. The second-order valence-electron chi connectivity index (χ2n) is 8.61. The lowest BCUT2D eigenvalue weighted by Gasteiger charge is -2.12. The first kappa shape index (κ1) is 24.8. The minimum atomic E-state index is -0.539. The van der Waals surface area contributed by atoms with E-state index in [-0.39, 0.29) is 18.0 Å². The Morgan fingerprint density at radius 2 is 1.81 bits per heavy atom. The van der Waals surface area contributed by atoms with Crippen LogP contribution >= 0.6 is 23.4 Å². The molecule has 1 N–H and O–H groups in total. The lowest BCUT2D eigenvalue weighted by Crippen LogP contribution is -2.36. The number of nitrogens with one attached hydrogen (secondary N) is 1. The van der Waals surface area contributed by atoms with Crippen LogP contribution in [0.25, 0.3) is 17.0 Å². The Kier molecular flexibility index (Phi) is 6.86. The standard InChI is InChI=1S/C28H21ClFN3O3S/c1-17-9-11-19(12-10-17)31-26(34)16-33-27(35)25(37-28(33)36)13-18-14-32(24-8-3-2-5-20(18)24)15-21-22(29)6-4-7-23(21)30/h2-14H,15-16H2,1H3,(H,31,34)/b25-13+. The number of hydrogen-bond donors (Lipinski definition) is 1. The number of benzene rings is 3. The predicted octanol–water partition coefficient (Wildman–Crippen LogP) is 6.47. The van der Waals surface area contributed by atoms with Crippen LogP contribution in [0, 0.1) is 12.7 Å². The van der Waals surface area contributed by atoms with Gasteiger partial charge in [-0.2, -0.15) is 0 Å². The van der Waals surface area contributed by atoms with Crippen molar-refractivity contribution in [3.8, 4) is 0 Å². The molecular weight excluding hydrogens is 513 g/mol. The van der Waals surface area contributed by atoms with Crippen LogP contribution in [0.1, 0.15) is 16.7 Å². The average Bonchev–Trinajstić information content (AvgIpc) is 3.35. The number of thioether (sulfide) groups is 1. The minimum absolute atomic E-state index is 0.195. The molecule has 0 spiro atoms. The van der Waals surface area contributed by atoms with Gasteiger partial charge in [-0.3, -0.25) is 19.3 Å². The van der Waals surface area contributed by atoms with Gasteiger partial charge in [0.15, 0.2) is 0 Å². The summed E-state index contributed by atoms with van der Waals surface area (Å²) in [4.78, 5) is 39.2. The van der Waals surface area contributed by atoms with Gasteiger partial charge in [-0.1, -0.05) is 53.6 Å². The number of imide groups is 1. The first-order valence-corrected chi connectivity index (χ1v) is 12.6. The topological polar surface area (TPSA) is 71.4 Å². The summed E-state index contributed by atoms with van der Waals surface area (Å²) in [6.07, 6.45) is 3.43. The van der Waals surface area contributed by atoms with Gasteiger partial charge in [0.1, 0.15) is 12.4 Å². The molecule has 2 heterocycles. The second-order valence-corrected chi connectivity index (χ2v) is 10.0. The largest absolute Gasteiger partial charge is 0.342 e. The molecule has 0 aliphatic carbocycles. The number of hydrogen-bond acceptors (Lipinski definition) is 4. The number of amides is 3. The molecule has 1 aliphatic rings. The van der Waals surface area contributed by atoms with E-state index in [1.54, 1.807) is 36.5 Å². The molecule has 4 aromatic rings. The zero-order valence-electron chi connectivity index (χ0n) is 19.7. The highest BCUT2D eigenvalue weighted by Gasteiger charge is 2.36. The average molecular weight is 534 g/mol. The van der Waals surface area contributed by atoms with Gasteiger partial charge >= 0.3 is 0 Å². The Labute approximate surface area is 221 Å². The van der Waals surface area contributed by atoms with Crippen molar-refractivity contribution in [2.45, 2.75) is 13.5 Å². The van der Waals surface area contributed by atoms with Gasteiger partial charge in [0.2, 0.25) is 5.91 Å². The van der Waals surface area contributed by atoms with Crippen LogP contribution < -0.4 is 5.32 Å². The van der Waals surface area contributed by atoms with Gasteiger partial charge in [-0.25, -0.2) is 4.39 Å². The molecule has 6 nitrogen and oxygen atoms in total. The molecule has 9 heteroatoms. The van der Waals surface area contributed by atoms with Crippen molar-refractivity contribution in [3.63, 3.8) is 0 Å². The molecule has 0 unspecified atom stereocenters. The minimum Gasteiger partial charge on any atom is -0.342 e. The smallest absolute Gasteiger partial charge is 0.294 e. The molecule has 1 saturated heterocycles. The van der Waals surface area contributed by atoms with Crippen LogP contribution in [-0.2, 0) is 16.1 Å². The van der Waals surface area contributed by atoms with Crippen molar-refractivity contribution in [1.29, 1.82) is 0 Å². The third-order valence-electron chi connectivity index (χ3n) is 6.01. The van der Waals surface area contributed by atoms with Gasteiger partial charge in [0.25, 0.3) is 11.1 Å². The van der Waals surface area contributed by atoms with Gasteiger partial charge in [-0.05, 0) is 55.1 Å². The highest BCUT2D eigenvalue weighted by Crippen LogP contribution is 2.34. The normalized spacial score (nSPS) is 14.7. The Bertz CT molecular complexity index is 1560. The molecule has 0 bridgehead atoms. The number of carbonyl (C=O) groups is 3. The lowest BCUT2D eigenvalue weighted by molar-refractivity contribution is -0.127. The van der Waals surface area contributed by atoms with Crippen molar-refractivity contribution in [3.05, 3.63) is 105 Å². The van der Waals surface area contributed by atoms with Crippen molar-refractivity contribution >= 4 is 63.1 Å². The second kappa shape index (κ2) is 10.2. The molecule has 186 valence electrons. The van der Waals surface area contributed by atoms with E-state index in [9.17, 15) is 18.8 Å². The van der Waals surface area contributed by atoms with Crippen molar-refractivity contribution in [2.75, 3.05) is 11.9 Å². The summed E-state index contributed by atoms with van der Waals surface area (Å²) in [6.45, 7) is 1.74. The molecule has 1 aliphatic heterocycles. The predicted molar refractivity (Wildman–Crippen MR) is 145 cm³/mol. The van der Waals surface area contributed by atoms with E-state index in [0.717, 1.165) is 33.1 Å². The Morgan fingerprint density at radius 1 is 1.05 bits per heavy atom. The zero-order valence-corrected chi connectivity index (χ0v) is 21.3. The molecule has 3 aromatic carbocycles. The zero-order chi connectivity index (χ0) is 26.1. The lowest BCUT2D eigenvalue weighted by atomic mass is 10.1. The van der Waals surface area contributed by atoms with Crippen LogP contribution in [0.15, 0.2) is 77.8 Å². The molecule has 0 saturated carbocycles. The third kappa shape index (κ3) is 5.16. The van der Waals surface area contributed by atoms with E-state index in [2.05, 4.69) is 5.32 Å². The van der Waals surface area contributed by atoms with Crippen LogP contribution in [0.4, 0.5) is 14.9 Å². The fraction of sp³-hybridized carbons (Fsp3) is 0.107. The fourth-order valence-electron chi connectivity index (χ4n) is 4.13. The summed E-state index contributed by atoms with van der Waals surface area (Å²) < 4.78 is 16.3. The molecular formula is C28H21ClFN3O3S. The van der Waals surface area contributed by atoms with Crippen LogP contribution in [0.3, 0.4) is 0 Å². The summed E-state index contributed by atoms with van der Waals surface area (Å²) >= 11 is 7.02. The van der Waals surface area contributed by atoms with Gasteiger partial charge in [0.05, 0.1) is 11.4 Å². The van der Waals surface area contributed by atoms with E-state index in [1.807, 2.05) is 47.9 Å². The number of rotatable bonds is 6. The van der Waals surface area contributed by atoms with E-state index in [4.69, 9.17) is 11.6 Å². The maximum Gasteiger partial charge on any atom is 0.294 e. The molecule has 0 radical (unpaired) electrons. The number of halogens is 2. The van der Waals surface area contributed by atoms with Crippen molar-refractivity contribution in [1.82, 2.24) is 9.47 Å². The Balaban J connectivity index is 1.39. The quantitative estimate of drug-likeness (QED) is 0.288. The molecule has 3 amide bonds. The monoisotopic (exact) mass is 533 g/mol. The van der Waals surface area contributed by atoms with Gasteiger partial charge in [0, 0.05) is 38.9 Å². The summed E-state index contributed by atoms with van der Waals surface area (Å²) in [6, 6.07) is 19.3. The summed E-state index contributed by atoms with van der Waals surface area (Å²) in [5.41, 5.74) is 3.51. The van der Waals surface area contributed by atoms with E-state index < -0.39 is 22.9 Å². The number of aromatic nitrogens is 1. The molecule has 37 heavy (non-hydrogen) atoms. The first-order chi connectivity index (χ1) is 17.8. The van der Waals surface area contributed by atoms with E-state index >= 15 is 0 Å². The maximum atomic E-state index is 14.4. The van der Waals surface area contributed by atoms with E-state index in [1.165, 1.54) is 6.07 Å². The number of anilines is 1. The third-order valence-corrected chi connectivity index (χ3v) is 7.27. The van der Waals surface area contributed by atoms with Crippen molar-refractivity contribution < 1.29 is 18.8 Å². The number of fused-ring (bicyclic) bond motifs is 1. The van der Waals surface area contributed by atoms with Gasteiger partial charge < -0.3 is 9.88 Å². The molecule has 1 fully saturated rings. The maximum absolute atomic E-state index is 14.4. The summed E-state index contributed by atoms with van der Waals surface area (Å²) in [7, 11) is 0. The number of para-hydroxylation sites is 1. The molecule has 1 aromatic heterocycles. The van der Waals surface area contributed by atoms with Crippen LogP contribution in [-0.4, -0.2) is 33.1 Å². The molecule has 0 atom stereocenters. The Morgan fingerprint density at radius 3 is 2.57 bits per heavy atom. The highest BCUT2D eigenvalue weighted by atomic mass is 35.5. The number of carbonyl (C=O) groups excluding carboxylic acids is 3. The SMILES string of the molecule is Cc1ccc(NC(=O)CN2C(=O)S/C(=C/c3cn(Cc4c(F)cccc4Cl)c4ccccc34)C2=O)cc1.